The van der Waals surface area contributed by atoms with Crippen LogP contribution < -0.4 is 10.1 Å². The molecule has 0 bridgehead atoms. The van der Waals surface area contributed by atoms with Crippen molar-refractivity contribution < 1.29 is 13.5 Å². The molecular formula is C12H8Cl3F2NOS. The molecule has 2 nitrogen and oxygen atoms in total. The number of halogens is 5. The molecule has 1 aromatic carbocycles. The first-order chi connectivity index (χ1) is 9.45. The molecule has 0 radical (unpaired) electrons. The van der Waals surface area contributed by atoms with Crippen LogP contribution in [-0.4, -0.2) is 6.61 Å². The summed E-state index contributed by atoms with van der Waals surface area (Å²) in [6, 6.07) is 4.78. The molecule has 0 aliphatic rings. The molecule has 0 fully saturated rings. The summed E-state index contributed by atoms with van der Waals surface area (Å²) in [6.07, 6.45) is 0. The number of alkyl halides is 2. The Morgan fingerprint density at radius 2 is 1.80 bits per heavy atom. The zero-order valence-corrected chi connectivity index (χ0v) is 12.9. The Bertz CT molecular complexity index is 583. The Labute approximate surface area is 133 Å². The molecule has 2 aromatic rings. The first-order valence-corrected chi connectivity index (χ1v) is 7.37. The first kappa shape index (κ1) is 15.6. The van der Waals surface area contributed by atoms with Gasteiger partial charge in [0.15, 0.2) is 5.75 Å². The van der Waals surface area contributed by atoms with Crippen LogP contribution in [0, 0.1) is 0 Å². The van der Waals surface area contributed by atoms with Gasteiger partial charge in [-0.05, 0) is 18.2 Å². The monoisotopic (exact) mass is 357 g/mol. The lowest BCUT2D eigenvalue weighted by Gasteiger charge is -2.12. The van der Waals surface area contributed by atoms with Crippen LogP contribution in [-0.2, 0) is 6.54 Å². The Balaban J connectivity index is 2.09. The molecule has 0 aliphatic carbocycles. The number of hydrogen-bond acceptors (Lipinski definition) is 3. The average molecular weight is 359 g/mol. The van der Waals surface area contributed by atoms with Gasteiger partial charge in [-0.15, -0.1) is 11.3 Å². The third-order valence-corrected chi connectivity index (χ3v) is 4.14. The summed E-state index contributed by atoms with van der Waals surface area (Å²) in [7, 11) is 0. The molecule has 20 heavy (non-hydrogen) atoms. The first-order valence-electron chi connectivity index (χ1n) is 5.36. The van der Waals surface area contributed by atoms with E-state index >= 15 is 0 Å². The summed E-state index contributed by atoms with van der Waals surface area (Å²) in [6.45, 7) is -2.45. The van der Waals surface area contributed by atoms with Crippen molar-refractivity contribution in [2.24, 2.45) is 0 Å². The fourth-order valence-corrected chi connectivity index (χ4v) is 3.09. The van der Waals surface area contributed by atoms with Crippen LogP contribution in [0.2, 0.25) is 15.1 Å². The molecule has 0 atom stereocenters. The van der Waals surface area contributed by atoms with E-state index in [2.05, 4.69) is 10.1 Å². The van der Waals surface area contributed by atoms with Crippen molar-refractivity contribution in [3.8, 4) is 5.75 Å². The van der Waals surface area contributed by atoms with Gasteiger partial charge in [-0.25, -0.2) is 0 Å². The van der Waals surface area contributed by atoms with Gasteiger partial charge in [0, 0.05) is 22.5 Å². The molecule has 8 heteroatoms. The summed E-state index contributed by atoms with van der Waals surface area (Å²) < 4.78 is 28.6. The lowest BCUT2D eigenvalue weighted by molar-refractivity contribution is -0.0497. The van der Waals surface area contributed by atoms with Gasteiger partial charge in [0.05, 0.1) is 15.1 Å². The number of rotatable bonds is 5. The molecule has 0 amide bonds. The zero-order chi connectivity index (χ0) is 14.7. The second-order valence-electron chi connectivity index (χ2n) is 3.73. The van der Waals surface area contributed by atoms with E-state index in [0.717, 1.165) is 4.88 Å². The van der Waals surface area contributed by atoms with E-state index in [-0.39, 0.29) is 15.8 Å². The minimum Gasteiger partial charge on any atom is -0.432 e. The predicted molar refractivity (Wildman–Crippen MR) is 79.7 cm³/mol. The molecule has 1 heterocycles. The smallest absolute Gasteiger partial charge is 0.387 e. The van der Waals surface area contributed by atoms with Crippen molar-refractivity contribution >= 4 is 51.8 Å². The van der Waals surface area contributed by atoms with Gasteiger partial charge in [-0.3, -0.25) is 0 Å². The van der Waals surface area contributed by atoms with Crippen molar-refractivity contribution in [1.82, 2.24) is 0 Å². The van der Waals surface area contributed by atoms with Crippen molar-refractivity contribution in [3.05, 3.63) is 43.5 Å². The molecule has 1 aromatic heterocycles. The van der Waals surface area contributed by atoms with Gasteiger partial charge in [0.2, 0.25) is 0 Å². The maximum Gasteiger partial charge on any atom is 0.387 e. The standard InChI is InChI=1S/C12H8Cl3F2NOS/c13-6-1-8(20-5-6)4-18-7-2-9(14)11(10(15)3-7)19-12(16)17/h1-3,5,12,18H,4H2. The Morgan fingerprint density at radius 3 is 2.30 bits per heavy atom. The minimum atomic E-state index is -2.97. The highest BCUT2D eigenvalue weighted by Crippen LogP contribution is 2.37. The quantitative estimate of drug-likeness (QED) is 0.716. The Hall–Kier alpha value is -0.750. The van der Waals surface area contributed by atoms with E-state index in [1.54, 1.807) is 0 Å². The second kappa shape index (κ2) is 6.80. The highest BCUT2D eigenvalue weighted by Gasteiger charge is 2.14. The Morgan fingerprint density at radius 1 is 1.15 bits per heavy atom. The van der Waals surface area contributed by atoms with Gasteiger partial charge >= 0.3 is 6.61 Å². The number of benzene rings is 1. The van der Waals surface area contributed by atoms with Gasteiger partial charge in [0.1, 0.15) is 0 Å². The summed E-state index contributed by atoms with van der Waals surface area (Å²) in [5, 5.41) is 5.60. The normalized spacial score (nSPS) is 10.9. The van der Waals surface area contributed by atoms with Crippen LogP contribution in [0.4, 0.5) is 14.5 Å². The topological polar surface area (TPSA) is 21.3 Å². The van der Waals surface area contributed by atoms with E-state index in [0.29, 0.717) is 17.3 Å². The average Bonchev–Trinajstić information content (AvgIpc) is 2.77. The van der Waals surface area contributed by atoms with E-state index in [4.69, 9.17) is 34.8 Å². The summed E-state index contributed by atoms with van der Waals surface area (Å²) >= 11 is 19.0. The molecule has 0 unspecified atom stereocenters. The highest BCUT2D eigenvalue weighted by atomic mass is 35.5. The number of nitrogens with one attached hydrogen (secondary N) is 1. The van der Waals surface area contributed by atoms with Crippen LogP contribution in [0.25, 0.3) is 0 Å². The predicted octanol–water partition coefficient (Wildman–Crippen LogP) is 5.92. The van der Waals surface area contributed by atoms with Crippen molar-refractivity contribution in [1.29, 1.82) is 0 Å². The van der Waals surface area contributed by atoms with E-state index in [1.165, 1.54) is 23.5 Å². The van der Waals surface area contributed by atoms with Gasteiger partial charge in [0.25, 0.3) is 0 Å². The van der Waals surface area contributed by atoms with Crippen LogP contribution >= 0.6 is 46.1 Å². The summed E-state index contributed by atoms with van der Waals surface area (Å²) in [4.78, 5) is 1.02. The molecule has 2 rings (SSSR count). The SMILES string of the molecule is FC(F)Oc1c(Cl)cc(NCc2cc(Cl)cs2)cc1Cl. The fraction of sp³-hybridized carbons (Fsp3) is 0.167. The van der Waals surface area contributed by atoms with Gasteiger partial charge < -0.3 is 10.1 Å². The minimum absolute atomic E-state index is 0.0181. The molecule has 1 N–H and O–H groups in total. The van der Waals surface area contributed by atoms with E-state index in [1.807, 2.05) is 11.4 Å². The van der Waals surface area contributed by atoms with Gasteiger partial charge in [-0.2, -0.15) is 8.78 Å². The number of ether oxygens (including phenoxy) is 1. The highest BCUT2D eigenvalue weighted by molar-refractivity contribution is 7.10. The van der Waals surface area contributed by atoms with Crippen LogP contribution in [0.3, 0.4) is 0 Å². The summed E-state index contributed by atoms with van der Waals surface area (Å²) in [5.41, 5.74) is 0.603. The van der Waals surface area contributed by atoms with Crippen molar-refractivity contribution in [2.45, 2.75) is 13.2 Å². The lowest BCUT2D eigenvalue weighted by Crippen LogP contribution is -2.04. The fourth-order valence-electron chi connectivity index (χ4n) is 1.50. The summed E-state index contributed by atoms with van der Waals surface area (Å²) in [5.74, 6) is -0.229. The largest absolute Gasteiger partial charge is 0.432 e. The molecule has 0 saturated carbocycles. The number of anilines is 1. The third-order valence-electron chi connectivity index (χ3n) is 2.29. The third kappa shape index (κ3) is 4.12. The Kier molecular flexibility index (Phi) is 5.32. The molecule has 0 spiro atoms. The van der Waals surface area contributed by atoms with Crippen LogP contribution in [0.5, 0.6) is 5.75 Å². The lowest BCUT2D eigenvalue weighted by atomic mass is 10.3. The van der Waals surface area contributed by atoms with Crippen molar-refractivity contribution in [3.63, 3.8) is 0 Å². The molecule has 108 valence electrons. The molecule has 0 aliphatic heterocycles. The number of hydrogen-bond donors (Lipinski definition) is 1. The second-order valence-corrected chi connectivity index (χ2v) is 5.98. The van der Waals surface area contributed by atoms with E-state index < -0.39 is 6.61 Å². The van der Waals surface area contributed by atoms with Crippen molar-refractivity contribution in [2.75, 3.05) is 5.32 Å². The van der Waals surface area contributed by atoms with Gasteiger partial charge in [-0.1, -0.05) is 34.8 Å². The maximum atomic E-state index is 12.2. The van der Waals surface area contributed by atoms with Crippen LogP contribution in [0.15, 0.2) is 23.6 Å². The molecule has 0 saturated heterocycles. The maximum absolute atomic E-state index is 12.2. The molecular weight excluding hydrogens is 351 g/mol. The zero-order valence-electron chi connectivity index (χ0n) is 9.80. The number of thiophene rings is 1. The van der Waals surface area contributed by atoms with Crippen LogP contribution in [0.1, 0.15) is 4.88 Å². The van der Waals surface area contributed by atoms with E-state index in [9.17, 15) is 8.78 Å².